The summed E-state index contributed by atoms with van der Waals surface area (Å²) < 4.78 is 30.0. The molecule has 0 saturated carbocycles. The predicted octanol–water partition coefficient (Wildman–Crippen LogP) is 4.54. The van der Waals surface area contributed by atoms with Crippen molar-refractivity contribution in [3.05, 3.63) is 94.5 Å². The van der Waals surface area contributed by atoms with E-state index in [-0.39, 0.29) is 4.90 Å². The van der Waals surface area contributed by atoms with Crippen molar-refractivity contribution in [1.82, 2.24) is 4.83 Å². The van der Waals surface area contributed by atoms with E-state index in [1.807, 2.05) is 43.3 Å². The highest BCUT2D eigenvalue weighted by Gasteiger charge is 2.11. The fraction of sp³-hybridized carbons (Fsp3) is 0.0952. The Morgan fingerprint density at radius 2 is 1.61 bits per heavy atom. The molecule has 0 heterocycles. The molecule has 0 amide bonds. The summed E-state index contributed by atoms with van der Waals surface area (Å²) in [6, 6.07) is 21.2. The number of benzene rings is 3. The molecular weight excluding hydrogens is 396 g/mol. The van der Waals surface area contributed by atoms with Crippen LogP contribution in [0.25, 0.3) is 0 Å². The first-order chi connectivity index (χ1) is 13.4. The van der Waals surface area contributed by atoms with Crippen LogP contribution in [0.1, 0.15) is 16.7 Å². The molecule has 0 aromatic heterocycles. The summed E-state index contributed by atoms with van der Waals surface area (Å²) in [5.74, 6) is 0.722. The van der Waals surface area contributed by atoms with E-state index in [1.54, 1.807) is 12.1 Å². The SMILES string of the molecule is Cc1ccc(COc2ccc(C=NNS(=O)(=O)c3ccc(Cl)cc3)cc2)cc1. The Morgan fingerprint density at radius 3 is 2.25 bits per heavy atom. The van der Waals surface area contributed by atoms with Crippen LogP contribution in [-0.2, 0) is 16.6 Å². The molecule has 3 aromatic carbocycles. The van der Waals surface area contributed by atoms with E-state index in [1.165, 1.54) is 36.0 Å². The Kier molecular flexibility index (Phi) is 6.34. The average Bonchev–Trinajstić information content (AvgIpc) is 2.69. The highest BCUT2D eigenvalue weighted by Crippen LogP contribution is 2.15. The van der Waals surface area contributed by atoms with E-state index in [0.717, 1.165) is 16.9 Å². The topological polar surface area (TPSA) is 67.8 Å². The Bertz CT molecular complexity index is 1050. The number of nitrogens with one attached hydrogen (secondary N) is 1. The van der Waals surface area contributed by atoms with Gasteiger partial charge in [0.05, 0.1) is 11.1 Å². The second kappa shape index (κ2) is 8.91. The summed E-state index contributed by atoms with van der Waals surface area (Å²) in [5, 5.41) is 4.27. The van der Waals surface area contributed by atoms with Gasteiger partial charge in [-0.05, 0) is 66.6 Å². The molecule has 144 valence electrons. The van der Waals surface area contributed by atoms with E-state index < -0.39 is 10.0 Å². The number of aryl methyl sites for hydroxylation is 1. The van der Waals surface area contributed by atoms with Gasteiger partial charge in [0.2, 0.25) is 0 Å². The van der Waals surface area contributed by atoms with Gasteiger partial charge >= 0.3 is 0 Å². The Morgan fingerprint density at radius 1 is 0.964 bits per heavy atom. The summed E-state index contributed by atoms with van der Waals surface area (Å²) in [7, 11) is -3.73. The first-order valence-corrected chi connectivity index (χ1v) is 10.4. The second-order valence-electron chi connectivity index (χ2n) is 6.15. The van der Waals surface area contributed by atoms with Crippen LogP contribution in [0.4, 0.5) is 0 Å². The molecule has 0 fully saturated rings. The summed E-state index contributed by atoms with van der Waals surface area (Å²) >= 11 is 5.77. The number of nitrogens with zero attached hydrogens (tertiary/aromatic N) is 1. The molecule has 1 N–H and O–H groups in total. The summed E-state index contributed by atoms with van der Waals surface area (Å²) in [4.78, 5) is 2.27. The first kappa shape index (κ1) is 19.9. The van der Waals surface area contributed by atoms with E-state index in [0.29, 0.717) is 11.6 Å². The van der Waals surface area contributed by atoms with Gasteiger partial charge in [0.15, 0.2) is 0 Å². The molecule has 3 rings (SSSR count). The zero-order chi connectivity index (χ0) is 20.0. The van der Waals surface area contributed by atoms with E-state index in [2.05, 4.69) is 9.93 Å². The maximum absolute atomic E-state index is 12.1. The van der Waals surface area contributed by atoms with Crippen LogP contribution in [-0.4, -0.2) is 14.6 Å². The van der Waals surface area contributed by atoms with Crippen LogP contribution in [0.5, 0.6) is 5.75 Å². The van der Waals surface area contributed by atoms with Gasteiger partial charge in [0.1, 0.15) is 12.4 Å². The normalized spacial score (nSPS) is 11.5. The maximum atomic E-state index is 12.1. The van der Waals surface area contributed by atoms with Crippen molar-refractivity contribution in [2.75, 3.05) is 0 Å². The van der Waals surface area contributed by atoms with E-state index in [9.17, 15) is 8.42 Å². The quantitative estimate of drug-likeness (QED) is 0.456. The van der Waals surface area contributed by atoms with Crippen molar-refractivity contribution in [3.63, 3.8) is 0 Å². The van der Waals surface area contributed by atoms with Gasteiger partial charge < -0.3 is 4.74 Å². The standard InChI is InChI=1S/C21H19ClN2O3S/c1-16-2-4-18(5-3-16)15-27-20-10-6-17(7-11-20)14-23-24-28(25,26)21-12-8-19(22)9-13-21/h2-14,24H,15H2,1H3. The average molecular weight is 415 g/mol. The van der Waals surface area contributed by atoms with E-state index in [4.69, 9.17) is 16.3 Å². The Labute approximate surface area is 169 Å². The van der Waals surface area contributed by atoms with Crippen molar-refractivity contribution < 1.29 is 13.2 Å². The van der Waals surface area contributed by atoms with Gasteiger partial charge in [-0.25, -0.2) is 4.83 Å². The van der Waals surface area contributed by atoms with Crippen molar-refractivity contribution in [2.45, 2.75) is 18.4 Å². The summed E-state index contributed by atoms with van der Waals surface area (Å²) in [6.07, 6.45) is 1.43. The molecule has 3 aromatic rings. The van der Waals surface area contributed by atoms with Crippen LogP contribution >= 0.6 is 11.6 Å². The third-order valence-corrected chi connectivity index (χ3v) is 5.41. The summed E-state index contributed by atoms with van der Waals surface area (Å²) in [5.41, 5.74) is 3.04. The molecule has 0 aliphatic heterocycles. The third-order valence-electron chi connectivity index (χ3n) is 3.92. The number of hydrazone groups is 1. The molecule has 0 spiro atoms. The Balaban J connectivity index is 1.56. The molecule has 0 aliphatic carbocycles. The monoisotopic (exact) mass is 414 g/mol. The zero-order valence-electron chi connectivity index (χ0n) is 15.2. The fourth-order valence-corrected chi connectivity index (χ4v) is 3.26. The molecule has 5 nitrogen and oxygen atoms in total. The summed E-state index contributed by atoms with van der Waals surface area (Å²) in [6.45, 7) is 2.52. The lowest BCUT2D eigenvalue weighted by atomic mass is 10.2. The largest absolute Gasteiger partial charge is 0.489 e. The number of hydrogen-bond donors (Lipinski definition) is 1. The third kappa shape index (κ3) is 5.58. The highest BCUT2D eigenvalue weighted by atomic mass is 35.5. The number of rotatable bonds is 7. The van der Waals surface area contributed by atoms with Gasteiger partial charge in [0.25, 0.3) is 10.0 Å². The maximum Gasteiger partial charge on any atom is 0.276 e. The predicted molar refractivity (Wildman–Crippen MR) is 111 cm³/mol. The molecule has 0 radical (unpaired) electrons. The van der Waals surface area contributed by atoms with Crippen LogP contribution in [0.2, 0.25) is 5.02 Å². The van der Waals surface area contributed by atoms with Crippen LogP contribution in [0.15, 0.2) is 82.8 Å². The smallest absolute Gasteiger partial charge is 0.276 e. The van der Waals surface area contributed by atoms with Gasteiger partial charge in [-0.1, -0.05) is 41.4 Å². The molecule has 0 unspecified atom stereocenters. The zero-order valence-corrected chi connectivity index (χ0v) is 16.7. The van der Waals surface area contributed by atoms with Crippen molar-refractivity contribution in [3.8, 4) is 5.75 Å². The molecule has 0 atom stereocenters. The number of hydrogen-bond acceptors (Lipinski definition) is 4. The van der Waals surface area contributed by atoms with Crippen LogP contribution < -0.4 is 9.57 Å². The highest BCUT2D eigenvalue weighted by molar-refractivity contribution is 7.89. The number of sulfonamides is 1. The van der Waals surface area contributed by atoms with Gasteiger partial charge in [-0.15, -0.1) is 0 Å². The van der Waals surface area contributed by atoms with Crippen LogP contribution in [0.3, 0.4) is 0 Å². The van der Waals surface area contributed by atoms with E-state index >= 15 is 0 Å². The van der Waals surface area contributed by atoms with Gasteiger partial charge in [-0.3, -0.25) is 0 Å². The number of ether oxygens (including phenoxy) is 1. The lowest BCUT2D eigenvalue weighted by Crippen LogP contribution is -2.18. The Hall–Kier alpha value is -2.83. The second-order valence-corrected chi connectivity index (χ2v) is 8.25. The molecule has 0 bridgehead atoms. The molecule has 0 aliphatic rings. The van der Waals surface area contributed by atoms with Crippen LogP contribution in [0, 0.1) is 6.92 Å². The fourth-order valence-electron chi connectivity index (χ4n) is 2.34. The minimum absolute atomic E-state index is 0.0916. The lowest BCUT2D eigenvalue weighted by Gasteiger charge is -2.07. The van der Waals surface area contributed by atoms with Crippen molar-refractivity contribution in [1.29, 1.82) is 0 Å². The molecule has 7 heteroatoms. The van der Waals surface area contributed by atoms with Gasteiger partial charge in [0, 0.05) is 5.02 Å². The van der Waals surface area contributed by atoms with Crippen molar-refractivity contribution in [2.24, 2.45) is 5.10 Å². The van der Waals surface area contributed by atoms with Crippen molar-refractivity contribution >= 4 is 27.8 Å². The lowest BCUT2D eigenvalue weighted by molar-refractivity contribution is 0.306. The van der Waals surface area contributed by atoms with Gasteiger partial charge in [-0.2, -0.15) is 13.5 Å². The molecular formula is C21H19ClN2O3S. The minimum Gasteiger partial charge on any atom is -0.489 e. The molecule has 0 saturated heterocycles. The number of halogens is 1. The molecule has 28 heavy (non-hydrogen) atoms. The first-order valence-electron chi connectivity index (χ1n) is 8.51. The minimum atomic E-state index is -3.73.